The van der Waals surface area contributed by atoms with E-state index in [0.29, 0.717) is 0 Å². The van der Waals surface area contributed by atoms with Gasteiger partial charge in [0.1, 0.15) is 12.2 Å². The third-order valence-corrected chi connectivity index (χ3v) is 4.38. The molecule has 25 heavy (non-hydrogen) atoms. The van der Waals surface area contributed by atoms with Gasteiger partial charge in [0, 0.05) is 38.5 Å². The summed E-state index contributed by atoms with van der Waals surface area (Å²) in [4.78, 5) is 4.32. The van der Waals surface area contributed by atoms with Crippen molar-refractivity contribution in [3.8, 4) is 0 Å². The van der Waals surface area contributed by atoms with Crippen molar-refractivity contribution in [1.82, 2.24) is 25.4 Å². The van der Waals surface area contributed by atoms with Crippen LogP contribution in [0.4, 0.5) is 0 Å². The Morgan fingerprint density at radius 2 is 2.08 bits per heavy atom. The molecule has 1 heterocycles. The SMILES string of the molecule is CCc1nncn1CCNC(=NC)NCC(C)(C)c1cccc(C)c1. The normalized spacial score (nSPS) is 12.3. The molecule has 0 aliphatic carbocycles. The molecule has 0 radical (unpaired) electrons. The van der Waals surface area contributed by atoms with Crippen molar-refractivity contribution >= 4 is 5.96 Å². The van der Waals surface area contributed by atoms with Crippen LogP contribution < -0.4 is 10.6 Å². The zero-order valence-corrected chi connectivity index (χ0v) is 16.0. The number of aliphatic imine (C=N–C) groups is 1. The Kier molecular flexibility index (Phi) is 6.56. The molecule has 0 saturated heterocycles. The second-order valence-electron chi connectivity index (χ2n) is 6.90. The molecule has 0 saturated carbocycles. The molecule has 0 unspecified atom stereocenters. The van der Waals surface area contributed by atoms with Gasteiger partial charge in [0.05, 0.1) is 0 Å². The smallest absolute Gasteiger partial charge is 0.191 e. The van der Waals surface area contributed by atoms with Gasteiger partial charge in [0.2, 0.25) is 0 Å². The number of nitrogens with zero attached hydrogens (tertiary/aromatic N) is 4. The lowest BCUT2D eigenvalue weighted by Gasteiger charge is -2.27. The van der Waals surface area contributed by atoms with Crippen molar-refractivity contribution in [2.45, 2.75) is 46.1 Å². The topological polar surface area (TPSA) is 67.1 Å². The van der Waals surface area contributed by atoms with Crippen LogP contribution in [0.3, 0.4) is 0 Å². The van der Waals surface area contributed by atoms with E-state index < -0.39 is 0 Å². The van der Waals surface area contributed by atoms with Crippen molar-refractivity contribution in [2.24, 2.45) is 4.99 Å². The first-order valence-corrected chi connectivity index (χ1v) is 8.84. The van der Waals surface area contributed by atoms with Crippen LogP contribution in [0, 0.1) is 6.92 Å². The predicted octanol–water partition coefficient (Wildman–Crippen LogP) is 2.29. The summed E-state index contributed by atoms with van der Waals surface area (Å²) in [6, 6.07) is 8.67. The van der Waals surface area contributed by atoms with Gasteiger partial charge in [-0.2, -0.15) is 0 Å². The Morgan fingerprint density at radius 3 is 2.76 bits per heavy atom. The van der Waals surface area contributed by atoms with Gasteiger partial charge in [0.15, 0.2) is 5.96 Å². The number of aromatic nitrogens is 3. The monoisotopic (exact) mass is 342 g/mol. The first kappa shape index (κ1) is 19.0. The average Bonchev–Trinajstić information content (AvgIpc) is 3.05. The Balaban J connectivity index is 1.85. The van der Waals surface area contributed by atoms with E-state index in [1.165, 1.54) is 11.1 Å². The molecule has 0 fully saturated rings. The molecule has 0 atom stereocenters. The largest absolute Gasteiger partial charge is 0.356 e. The highest BCUT2D eigenvalue weighted by Gasteiger charge is 2.20. The molecular formula is C19H30N6. The summed E-state index contributed by atoms with van der Waals surface area (Å²) in [5, 5.41) is 14.9. The maximum atomic E-state index is 4.32. The fourth-order valence-corrected chi connectivity index (χ4v) is 2.73. The predicted molar refractivity (Wildman–Crippen MR) is 103 cm³/mol. The van der Waals surface area contributed by atoms with Gasteiger partial charge >= 0.3 is 0 Å². The molecular weight excluding hydrogens is 312 g/mol. The summed E-state index contributed by atoms with van der Waals surface area (Å²) in [6.07, 6.45) is 2.66. The number of aryl methyl sites for hydroxylation is 2. The number of guanidine groups is 1. The van der Waals surface area contributed by atoms with Crippen LogP contribution >= 0.6 is 0 Å². The quantitative estimate of drug-likeness (QED) is 0.598. The van der Waals surface area contributed by atoms with Gasteiger partial charge < -0.3 is 15.2 Å². The lowest BCUT2D eigenvalue weighted by Crippen LogP contribution is -2.44. The van der Waals surface area contributed by atoms with Gasteiger partial charge in [-0.1, -0.05) is 50.6 Å². The summed E-state index contributed by atoms with van der Waals surface area (Å²) in [5.74, 6) is 1.82. The average molecular weight is 342 g/mol. The fraction of sp³-hybridized carbons (Fsp3) is 0.526. The number of nitrogens with one attached hydrogen (secondary N) is 2. The van der Waals surface area contributed by atoms with Crippen molar-refractivity contribution in [1.29, 1.82) is 0 Å². The van der Waals surface area contributed by atoms with E-state index in [0.717, 1.165) is 37.8 Å². The molecule has 6 nitrogen and oxygen atoms in total. The zero-order valence-electron chi connectivity index (χ0n) is 16.0. The van der Waals surface area contributed by atoms with Gasteiger partial charge in [0.25, 0.3) is 0 Å². The van der Waals surface area contributed by atoms with E-state index in [1.807, 2.05) is 0 Å². The first-order chi connectivity index (χ1) is 12.0. The molecule has 2 rings (SSSR count). The number of hydrogen-bond acceptors (Lipinski definition) is 3. The summed E-state index contributed by atoms with van der Waals surface area (Å²) >= 11 is 0. The number of hydrogen-bond donors (Lipinski definition) is 2. The van der Waals surface area contributed by atoms with E-state index >= 15 is 0 Å². The molecule has 0 aliphatic heterocycles. The Morgan fingerprint density at radius 1 is 1.28 bits per heavy atom. The van der Waals surface area contributed by atoms with Gasteiger partial charge in [-0.15, -0.1) is 10.2 Å². The maximum absolute atomic E-state index is 4.32. The van der Waals surface area contributed by atoms with Crippen molar-refractivity contribution in [2.75, 3.05) is 20.1 Å². The van der Waals surface area contributed by atoms with Crippen LogP contribution in [-0.4, -0.2) is 40.9 Å². The molecule has 2 N–H and O–H groups in total. The van der Waals surface area contributed by atoms with Crippen LogP contribution in [0.15, 0.2) is 35.6 Å². The minimum Gasteiger partial charge on any atom is -0.356 e. The van der Waals surface area contributed by atoms with Crippen LogP contribution in [-0.2, 0) is 18.4 Å². The van der Waals surface area contributed by atoms with Crippen LogP contribution in [0.1, 0.15) is 37.7 Å². The third-order valence-electron chi connectivity index (χ3n) is 4.38. The first-order valence-electron chi connectivity index (χ1n) is 8.84. The fourth-order valence-electron chi connectivity index (χ4n) is 2.73. The Labute approximate surface area is 150 Å². The highest BCUT2D eigenvalue weighted by atomic mass is 15.3. The maximum Gasteiger partial charge on any atom is 0.191 e. The van der Waals surface area contributed by atoms with Crippen LogP contribution in [0.5, 0.6) is 0 Å². The molecule has 136 valence electrons. The van der Waals surface area contributed by atoms with Crippen LogP contribution in [0.2, 0.25) is 0 Å². The lowest BCUT2D eigenvalue weighted by atomic mass is 9.84. The minimum absolute atomic E-state index is 0.0211. The van der Waals surface area contributed by atoms with E-state index in [1.54, 1.807) is 13.4 Å². The minimum atomic E-state index is 0.0211. The third kappa shape index (κ3) is 5.31. The highest BCUT2D eigenvalue weighted by Crippen LogP contribution is 2.22. The zero-order chi connectivity index (χ0) is 18.3. The van der Waals surface area contributed by atoms with Crippen molar-refractivity contribution < 1.29 is 0 Å². The number of rotatable bonds is 7. The van der Waals surface area contributed by atoms with Crippen LogP contribution in [0.25, 0.3) is 0 Å². The Bertz CT molecular complexity index is 701. The summed E-state index contributed by atoms with van der Waals surface area (Å²) < 4.78 is 2.07. The van der Waals surface area contributed by atoms with Crippen molar-refractivity contribution in [3.63, 3.8) is 0 Å². The van der Waals surface area contributed by atoms with Gasteiger partial charge in [-0.05, 0) is 12.5 Å². The second kappa shape index (κ2) is 8.65. The summed E-state index contributed by atoms with van der Waals surface area (Å²) in [5.41, 5.74) is 2.63. The molecule has 0 bridgehead atoms. The molecule has 0 amide bonds. The Hall–Kier alpha value is -2.37. The van der Waals surface area contributed by atoms with Gasteiger partial charge in [-0.25, -0.2) is 0 Å². The molecule has 0 spiro atoms. The van der Waals surface area contributed by atoms with Gasteiger partial charge in [-0.3, -0.25) is 4.99 Å². The van der Waals surface area contributed by atoms with E-state index in [-0.39, 0.29) is 5.41 Å². The van der Waals surface area contributed by atoms with Crippen molar-refractivity contribution in [3.05, 3.63) is 47.5 Å². The summed E-state index contributed by atoms with van der Waals surface area (Å²) in [6.45, 7) is 11.1. The molecule has 1 aromatic carbocycles. The molecule has 2 aromatic rings. The molecule has 1 aromatic heterocycles. The van der Waals surface area contributed by atoms with E-state index in [9.17, 15) is 0 Å². The summed E-state index contributed by atoms with van der Waals surface area (Å²) in [7, 11) is 1.80. The number of benzene rings is 1. The highest BCUT2D eigenvalue weighted by molar-refractivity contribution is 5.79. The van der Waals surface area contributed by atoms with E-state index in [2.05, 4.69) is 82.4 Å². The molecule has 6 heteroatoms. The lowest BCUT2D eigenvalue weighted by molar-refractivity contribution is 0.507. The molecule has 0 aliphatic rings. The second-order valence-corrected chi connectivity index (χ2v) is 6.90. The standard InChI is InChI=1S/C19H30N6/c1-6-17-24-23-14-25(17)11-10-21-18(20-5)22-13-19(3,4)16-9-7-8-15(2)12-16/h7-9,12,14H,6,10-11,13H2,1-5H3,(H2,20,21,22). The van der Waals surface area contributed by atoms with E-state index in [4.69, 9.17) is 0 Å².